The van der Waals surface area contributed by atoms with Crippen LogP contribution in [0.1, 0.15) is 11.4 Å². The number of oxime groups is 1. The molecule has 1 aromatic rings. The average molecular weight is 225 g/mol. The number of aryl methyl sites for hydroxylation is 1. The molecule has 4 N–H and O–H groups in total. The van der Waals surface area contributed by atoms with Crippen molar-refractivity contribution < 1.29 is 10.3 Å². The minimum atomic E-state index is -0.0656. The maximum absolute atomic E-state index is 8.81. The number of anilines is 1. The molecule has 16 heavy (non-hydrogen) atoms. The molecule has 0 saturated carbocycles. The van der Waals surface area contributed by atoms with Crippen LogP contribution in [-0.2, 0) is 0 Å². The third kappa shape index (κ3) is 2.80. The lowest BCUT2D eigenvalue weighted by molar-refractivity contribution is 0.303. The quantitative estimate of drug-likeness (QED) is 0.271. The van der Waals surface area contributed by atoms with Crippen LogP contribution in [0.4, 0.5) is 5.95 Å². The summed E-state index contributed by atoms with van der Waals surface area (Å²) in [6.45, 7) is 2.21. The van der Waals surface area contributed by atoms with E-state index in [1.807, 2.05) is 0 Å². The smallest absolute Gasteiger partial charge is 0.226 e. The van der Waals surface area contributed by atoms with Gasteiger partial charge in [-0.05, 0) is 13.0 Å². The van der Waals surface area contributed by atoms with E-state index >= 15 is 0 Å². The summed E-state index contributed by atoms with van der Waals surface area (Å²) >= 11 is 0. The van der Waals surface area contributed by atoms with Crippen molar-refractivity contribution >= 4 is 11.8 Å². The lowest BCUT2D eigenvalue weighted by atomic mass is 10.3. The van der Waals surface area contributed by atoms with Crippen LogP contribution >= 0.6 is 0 Å². The van der Waals surface area contributed by atoms with Crippen molar-refractivity contribution in [2.75, 3.05) is 25.1 Å². The van der Waals surface area contributed by atoms with E-state index in [2.05, 4.69) is 15.1 Å². The SMILES string of the molecule is Cc1cc(/C(N)=N/O)nc(N(C)CCO)n1. The number of hydrogen-bond acceptors (Lipinski definition) is 6. The molecule has 0 amide bonds. The first-order valence-electron chi connectivity index (χ1n) is 4.74. The van der Waals surface area contributed by atoms with E-state index in [0.717, 1.165) is 0 Å². The van der Waals surface area contributed by atoms with Gasteiger partial charge in [-0.25, -0.2) is 9.97 Å². The summed E-state index contributed by atoms with van der Waals surface area (Å²) in [5, 5.41) is 20.2. The van der Waals surface area contributed by atoms with Crippen LogP contribution < -0.4 is 10.6 Å². The largest absolute Gasteiger partial charge is 0.409 e. The molecule has 0 spiro atoms. The molecule has 0 fully saturated rings. The van der Waals surface area contributed by atoms with Gasteiger partial charge in [0.1, 0.15) is 5.69 Å². The first-order chi connectivity index (χ1) is 7.58. The Bertz CT molecular complexity index is 393. The molecule has 0 radical (unpaired) electrons. The molecule has 1 aromatic heterocycles. The van der Waals surface area contributed by atoms with Crippen molar-refractivity contribution in [2.24, 2.45) is 10.9 Å². The van der Waals surface area contributed by atoms with Crippen molar-refractivity contribution in [2.45, 2.75) is 6.92 Å². The number of aliphatic hydroxyl groups excluding tert-OH is 1. The maximum atomic E-state index is 8.81. The standard InChI is InChI=1S/C9H15N5O2/c1-6-5-7(8(10)13-16)12-9(11-6)14(2)3-4-15/h5,15-16H,3-4H2,1-2H3,(H2,10,13). The van der Waals surface area contributed by atoms with E-state index in [4.69, 9.17) is 16.0 Å². The molecule has 7 heteroatoms. The van der Waals surface area contributed by atoms with Crippen molar-refractivity contribution in [1.29, 1.82) is 0 Å². The summed E-state index contributed by atoms with van der Waals surface area (Å²) in [6.07, 6.45) is 0. The highest BCUT2D eigenvalue weighted by Gasteiger charge is 2.09. The van der Waals surface area contributed by atoms with Gasteiger partial charge in [0.15, 0.2) is 5.84 Å². The molecule has 0 bridgehead atoms. The second-order valence-corrected chi connectivity index (χ2v) is 3.32. The molecule has 0 atom stereocenters. The van der Waals surface area contributed by atoms with Crippen LogP contribution in [0.5, 0.6) is 0 Å². The molecule has 1 rings (SSSR count). The van der Waals surface area contributed by atoms with Gasteiger partial charge in [0.05, 0.1) is 6.61 Å². The van der Waals surface area contributed by atoms with E-state index in [1.165, 1.54) is 0 Å². The Balaban J connectivity index is 3.07. The van der Waals surface area contributed by atoms with Gasteiger partial charge >= 0.3 is 0 Å². The number of nitrogens with zero attached hydrogens (tertiary/aromatic N) is 4. The van der Waals surface area contributed by atoms with Gasteiger partial charge in [-0.1, -0.05) is 5.16 Å². The second kappa shape index (κ2) is 5.26. The Morgan fingerprint density at radius 1 is 1.56 bits per heavy atom. The molecule has 0 aliphatic rings. The van der Waals surface area contributed by atoms with E-state index in [-0.39, 0.29) is 12.4 Å². The van der Waals surface area contributed by atoms with E-state index in [9.17, 15) is 0 Å². The van der Waals surface area contributed by atoms with Gasteiger partial charge in [-0.2, -0.15) is 0 Å². The van der Waals surface area contributed by atoms with Gasteiger partial charge in [-0.15, -0.1) is 0 Å². The molecule has 7 nitrogen and oxygen atoms in total. The molecule has 0 aromatic carbocycles. The van der Waals surface area contributed by atoms with Crippen molar-refractivity contribution in [1.82, 2.24) is 9.97 Å². The highest BCUT2D eigenvalue weighted by atomic mass is 16.4. The zero-order chi connectivity index (χ0) is 12.1. The summed E-state index contributed by atoms with van der Waals surface area (Å²) < 4.78 is 0. The second-order valence-electron chi connectivity index (χ2n) is 3.32. The van der Waals surface area contributed by atoms with Crippen LogP contribution in [0.25, 0.3) is 0 Å². The van der Waals surface area contributed by atoms with Crippen LogP contribution in [0, 0.1) is 6.92 Å². The fourth-order valence-electron chi connectivity index (χ4n) is 1.16. The molecule has 0 saturated heterocycles. The Morgan fingerprint density at radius 2 is 2.25 bits per heavy atom. The lowest BCUT2D eigenvalue weighted by Crippen LogP contribution is -2.25. The van der Waals surface area contributed by atoms with E-state index < -0.39 is 0 Å². The highest BCUT2D eigenvalue weighted by Crippen LogP contribution is 2.08. The Hall–Kier alpha value is -1.89. The van der Waals surface area contributed by atoms with Crippen molar-refractivity contribution in [3.05, 3.63) is 17.5 Å². The summed E-state index contributed by atoms with van der Waals surface area (Å²) in [4.78, 5) is 9.97. The summed E-state index contributed by atoms with van der Waals surface area (Å²) in [5.74, 6) is 0.361. The van der Waals surface area contributed by atoms with Crippen LogP contribution in [0.3, 0.4) is 0 Å². The number of hydrogen-bond donors (Lipinski definition) is 3. The predicted octanol–water partition coefficient (Wildman–Crippen LogP) is -0.692. The van der Waals surface area contributed by atoms with Crippen LogP contribution in [0.2, 0.25) is 0 Å². The van der Waals surface area contributed by atoms with Gasteiger partial charge < -0.3 is 20.9 Å². The molecular weight excluding hydrogens is 210 g/mol. The van der Waals surface area contributed by atoms with Gasteiger partial charge in [0, 0.05) is 19.3 Å². The molecule has 0 unspecified atom stereocenters. The summed E-state index contributed by atoms with van der Waals surface area (Å²) in [7, 11) is 1.75. The third-order valence-electron chi connectivity index (χ3n) is 1.99. The Morgan fingerprint density at radius 3 is 2.81 bits per heavy atom. The molecular formula is C9H15N5O2. The molecule has 1 heterocycles. The van der Waals surface area contributed by atoms with Crippen molar-refractivity contribution in [3.8, 4) is 0 Å². The number of amidine groups is 1. The zero-order valence-electron chi connectivity index (χ0n) is 9.25. The zero-order valence-corrected chi connectivity index (χ0v) is 9.25. The first kappa shape index (κ1) is 12.2. The van der Waals surface area contributed by atoms with Gasteiger partial charge in [0.2, 0.25) is 5.95 Å². The Labute approximate surface area is 93.2 Å². The molecule has 0 aliphatic carbocycles. The first-order valence-corrected chi connectivity index (χ1v) is 4.74. The topological polar surface area (TPSA) is 108 Å². The number of likely N-dealkylation sites (N-methyl/N-ethyl adjacent to an activating group) is 1. The van der Waals surface area contributed by atoms with Gasteiger partial charge in [-0.3, -0.25) is 0 Å². The molecule has 88 valence electrons. The third-order valence-corrected chi connectivity index (χ3v) is 1.99. The minimum absolute atomic E-state index is 0.00665. The molecule has 0 aliphatic heterocycles. The maximum Gasteiger partial charge on any atom is 0.226 e. The monoisotopic (exact) mass is 225 g/mol. The number of nitrogens with two attached hydrogens (primary N) is 1. The van der Waals surface area contributed by atoms with Crippen molar-refractivity contribution in [3.63, 3.8) is 0 Å². The lowest BCUT2D eigenvalue weighted by Gasteiger charge is -2.16. The summed E-state index contributed by atoms with van der Waals surface area (Å²) in [5.41, 5.74) is 6.51. The highest BCUT2D eigenvalue weighted by molar-refractivity contribution is 5.95. The fraction of sp³-hybridized carbons (Fsp3) is 0.444. The summed E-state index contributed by atoms with van der Waals surface area (Å²) in [6, 6.07) is 1.62. The van der Waals surface area contributed by atoms with E-state index in [0.29, 0.717) is 23.9 Å². The average Bonchev–Trinajstić information content (AvgIpc) is 2.27. The van der Waals surface area contributed by atoms with E-state index in [1.54, 1.807) is 24.9 Å². The van der Waals surface area contributed by atoms with Gasteiger partial charge in [0.25, 0.3) is 0 Å². The number of rotatable bonds is 4. The number of aromatic nitrogens is 2. The minimum Gasteiger partial charge on any atom is -0.409 e. The number of aliphatic hydroxyl groups is 1. The van der Waals surface area contributed by atoms with Crippen LogP contribution in [-0.4, -0.2) is 46.3 Å². The normalized spacial score (nSPS) is 11.6. The fourth-order valence-corrected chi connectivity index (χ4v) is 1.16. The van der Waals surface area contributed by atoms with Crippen LogP contribution in [0.15, 0.2) is 11.2 Å². The Kier molecular flexibility index (Phi) is 4.01. The predicted molar refractivity (Wildman–Crippen MR) is 59.6 cm³/mol.